The van der Waals surface area contributed by atoms with E-state index in [-0.39, 0.29) is 5.92 Å². The Bertz CT molecular complexity index is 672. The van der Waals surface area contributed by atoms with Crippen molar-refractivity contribution in [3.8, 4) is 5.75 Å². The van der Waals surface area contributed by atoms with Crippen molar-refractivity contribution in [1.29, 1.82) is 0 Å². The molecule has 1 aromatic heterocycles. The van der Waals surface area contributed by atoms with Gasteiger partial charge in [-0.05, 0) is 30.8 Å². The summed E-state index contributed by atoms with van der Waals surface area (Å²) in [5, 5.41) is 11.4. The Hall–Kier alpha value is -1.95. The lowest BCUT2D eigenvalue weighted by Gasteiger charge is -2.07. The first-order valence-electron chi connectivity index (χ1n) is 7.07. The number of nitrogens with one attached hydrogen (secondary N) is 1. The van der Waals surface area contributed by atoms with Gasteiger partial charge in [-0.25, -0.2) is 0 Å². The molecule has 1 N–H and O–H groups in total. The number of nitrogens with zero attached hydrogens (tertiary/aromatic N) is 3. The minimum atomic E-state index is 0.238. The van der Waals surface area contributed by atoms with Crippen LogP contribution in [0.2, 0.25) is 0 Å². The van der Waals surface area contributed by atoms with Gasteiger partial charge in [0.1, 0.15) is 5.75 Å². The van der Waals surface area contributed by atoms with Crippen molar-refractivity contribution in [3.05, 3.63) is 40.4 Å². The van der Waals surface area contributed by atoms with Gasteiger partial charge in [0, 0.05) is 11.5 Å². The molecule has 0 unspecified atom stereocenters. The van der Waals surface area contributed by atoms with Gasteiger partial charge in [-0.1, -0.05) is 32.9 Å². The van der Waals surface area contributed by atoms with E-state index in [9.17, 15) is 0 Å². The minimum Gasteiger partial charge on any atom is -0.493 e. The van der Waals surface area contributed by atoms with Gasteiger partial charge >= 0.3 is 0 Å². The molecular weight excluding hydrogens is 284 g/mol. The maximum atomic E-state index is 5.71. The monoisotopic (exact) mass is 304 g/mol. The van der Waals surface area contributed by atoms with E-state index in [1.165, 1.54) is 0 Å². The highest BCUT2D eigenvalue weighted by atomic mass is 32.1. The standard InChI is InChI=1S/C15H20N4OS/c1-4-9-20-13-8-6-5-7-12(13)10-16-19-14(11(2)3)17-18-15(19)21/h5-8,10-11H,4,9H2,1-3H3,(H,18,21)/b16-10-. The maximum Gasteiger partial charge on any atom is 0.216 e. The van der Waals surface area contributed by atoms with Crippen LogP contribution in [0.1, 0.15) is 44.5 Å². The summed E-state index contributed by atoms with van der Waals surface area (Å²) in [5.41, 5.74) is 0.920. The van der Waals surface area contributed by atoms with Crippen molar-refractivity contribution in [3.63, 3.8) is 0 Å². The van der Waals surface area contributed by atoms with Crippen molar-refractivity contribution in [1.82, 2.24) is 14.9 Å². The quantitative estimate of drug-likeness (QED) is 0.653. The largest absolute Gasteiger partial charge is 0.493 e. The molecule has 2 aromatic rings. The number of ether oxygens (including phenoxy) is 1. The van der Waals surface area contributed by atoms with Crippen LogP contribution in [0, 0.1) is 4.77 Å². The van der Waals surface area contributed by atoms with Gasteiger partial charge in [0.05, 0.1) is 12.8 Å². The predicted molar refractivity (Wildman–Crippen MR) is 86.7 cm³/mol. The summed E-state index contributed by atoms with van der Waals surface area (Å²) >= 11 is 5.21. The molecule has 0 aliphatic heterocycles. The molecule has 6 heteroatoms. The highest BCUT2D eigenvalue weighted by Crippen LogP contribution is 2.17. The molecule has 0 spiro atoms. The first-order chi connectivity index (χ1) is 10.1. The normalized spacial score (nSPS) is 11.4. The van der Waals surface area contributed by atoms with E-state index in [2.05, 4.69) is 36.1 Å². The summed E-state index contributed by atoms with van der Waals surface area (Å²) in [6.45, 7) is 6.87. The van der Waals surface area contributed by atoms with Crippen molar-refractivity contribution in [2.45, 2.75) is 33.1 Å². The molecule has 0 aliphatic rings. The second-order valence-electron chi connectivity index (χ2n) is 4.98. The number of para-hydroxylation sites is 1. The van der Waals surface area contributed by atoms with E-state index in [1.54, 1.807) is 10.9 Å². The van der Waals surface area contributed by atoms with Gasteiger partial charge in [-0.15, -0.1) is 0 Å². The van der Waals surface area contributed by atoms with Gasteiger partial charge in [0.2, 0.25) is 4.77 Å². The average molecular weight is 304 g/mol. The fourth-order valence-corrected chi connectivity index (χ4v) is 2.03. The van der Waals surface area contributed by atoms with Crippen LogP contribution in [-0.4, -0.2) is 27.7 Å². The van der Waals surface area contributed by atoms with E-state index in [4.69, 9.17) is 17.0 Å². The summed E-state index contributed by atoms with van der Waals surface area (Å²) in [4.78, 5) is 0. The Balaban J connectivity index is 2.30. The Labute approximate surface area is 129 Å². The van der Waals surface area contributed by atoms with Gasteiger partial charge < -0.3 is 4.74 Å². The van der Waals surface area contributed by atoms with Crippen molar-refractivity contribution < 1.29 is 4.74 Å². The number of aromatic nitrogens is 3. The lowest BCUT2D eigenvalue weighted by Crippen LogP contribution is -2.02. The molecule has 112 valence electrons. The van der Waals surface area contributed by atoms with Crippen LogP contribution in [0.3, 0.4) is 0 Å². The lowest BCUT2D eigenvalue weighted by molar-refractivity contribution is 0.317. The van der Waals surface area contributed by atoms with Crippen LogP contribution in [-0.2, 0) is 0 Å². The topological polar surface area (TPSA) is 55.2 Å². The molecule has 1 heterocycles. The van der Waals surface area contributed by atoms with Crippen LogP contribution in [0.25, 0.3) is 0 Å². The number of hydrogen-bond acceptors (Lipinski definition) is 4. The minimum absolute atomic E-state index is 0.238. The van der Waals surface area contributed by atoms with Crippen LogP contribution in [0.5, 0.6) is 5.75 Å². The molecule has 1 aromatic carbocycles. The van der Waals surface area contributed by atoms with E-state index >= 15 is 0 Å². The predicted octanol–water partition coefficient (Wildman–Crippen LogP) is 3.74. The maximum absolute atomic E-state index is 5.71. The van der Waals surface area contributed by atoms with E-state index < -0.39 is 0 Å². The third-order valence-corrected chi connectivity index (χ3v) is 3.15. The molecule has 0 saturated heterocycles. The third-order valence-electron chi connectivity index (χ3n) is 2.88. The zero-order chi connectivity index (χ0) is 15.2. The fraction of sp³-hybridized carbons (Fsp3) is 0.400. The molecule has 21 heavy (non-hydrogen) atoms. The Morgan fingerprint density at radius 3 is 2.90 bits per heavy atom. The molecule has 0 aliphatic carbocycles. The molecule has 5 nitrogen and oxygen atoms in total. The zero-order valence-corrected chi connectivity index (χ0v) is 13.4. The smallest absolute Gasteiger partial charge is 0.216 e. The Kier molecular flexibility index (Phi) is 5.27. The summed E-state index contributed by atoms with van der Waals surface area (Å²) in [7, 11) is 0. The van der Waals surface area contributed by atoms with Gasteiger partial charge in [-0.3, -0.25) is 5.10 Å². The van der Waals surface area contributed by atoms with Crippen LogP contribution in [0.15, 0.2) is 29.4 Å². The SMILES string of the molecule is CCCOc1ccccc1/C=N\n1c(C(C)C)n[nH]c1=S. The molecule has 0 radical (unpaired) electrons. The fourth-order valence-electron chi connectivity index (χ4n) is 1.84. The summed E-state index contributed by atoms with van der Waals surface area (Å²) < 4.78 is 7.85. The number of benzene rings is 1. The number of aromatic amines is 1. The molecule has 0 amide bonds. The van der Waals surface area contributed by atoms with Crippen LogP contribution >= 0.6 is 12.2 Å². The van der Waals surface area contributed by atoms with Crippen LogP contribution < -0.4 is 4.74 Å². The highest BCUT2D eigenvalue weighted by molar-refractivity contribution is 7.71. The van der Waals surface area contributed by atoms with Gasteiger partial charge in [0.15, 0.2) is 5.82 Å². The lowest BCUT2D eigenvalue weighted by atomic mass is 10.2. The number of hydrogen-bond donors (Lipinski definition) is 1. The molecule has 0 saturated carbocycles. The first kappa shape index (κ1) is 15.4. The summed E-state index contributed by atoms with van der Waals surface area (Å²) in [6.07, 6.45) is 2.72. The zero-order valence-electron chi connectivity index (χ0n) is 12.5. The second kappa shape index (κ2) is 7.17. The van der Waals surface area contributed by atoms with E-state index in [0.717, 1.165) is 23.6 Å². The Morgan fingerprint density at radius 2 is 2.19 bits per heavy atom. The van der Waals surface area contributed by atoms with E-state index in [1.807, 2.05) is 24.3 Å². The first-order valence-corrected chi connectivity index (χ1v) is 7.47. The average Bonchev–Trinajstić information content (AvgIpc) is 2.85. The van der Waals surface area contributed by atoms with Crippen molar-refractivity contribution >= 4 is 18.4 Å². The van der Waals surface area contributed by atoms with Crippen molar-refractivity contribution in [2.75, 3.05) is 6.61 Å². The van der Waals surface area contributed by atoms with E-state index in [0.29, 0.717) is 11.4 Å². The third kappa shape index (κ3) is 3.78. The summed E-state index contributed by atoms with van der Waals surface area (Å²) in [6, 6.07) is 7.81. The second-order valence-corrected chi connectivity index (χ2v) is 5.37. The molecule has 0 bridgehead atoms. The number of rotatable bonds is 6. The molecule has 0 atom stereocenters. The van der Waals surface area contributed by atoms with Crippen molar-refractivity contribution in [2.24, 2.45) is 5.10 Å². The molecular formula is C15H20N4OS. The van der Waals surface area contributed by atoms with Gasteiger partial charge in [0.25, 0.3) is 0 Å². The van der Waals surface area contributed by atoms with Gasteiger partial charge in [-0.2, -0.15) is 14.9 Å². The summed E-state index contributed by atoms with van der Waals surface area (Å²) in [5.74, 6) is 1.87. The van der Waals surface area contributed by atoms with Crippen LogP contribution in [0.4, 0.5) is 0 Å². The molecule has 0 fully saturated rings. The number of H-pyrrole nitrogens is 1. The highest BCUT2D eigenvalue weighted by Gasteiger charge is 2.09. The molecule has 2 rings (SSSR count). The Morgan fingerprint density at radius 1 is 1.43 bits per heavy atom.